The Kier molecular flexibility index (Phi) is 4.71. The average molecular weight is 301 g/mol. The molecule has 0 unspecified atom stereocenters. The monoisotopic (exact) mass is 301 g/mol. The lowest BCUT2D eigenvalue weighted by atomic mass is 10.0. The van der Waals surface area contributed by atoms with Crippen LogP contribution in [0.25, 0.3) is 0 Å². The molecule has 2 heterocycles. The van der Waals surface area contributed by atoms with Crippen LogP contribution in [-0.4, -0.2) is 59.4 Å². The molecule has 8 nitrogen and oxygen atoms in total. The third kappa shape index (κ3) is 3.76. The van der Waals surface area contributed by atoms with E-state index in [-0.39, 0.29) is 17.6 Å². The summed E-state index contributed by atoms with van der Waals surface area (Å²) < 4.78 is 24.9. The van der Waals surface area contributed by atoms with Crippen LogP contribution in [0.4, 0.5) is 0 Å². The maximum Gasteiger partial charge on any atom is 0.273 e. The zero-order chi connectivity index (χ0) is 14.6. The Morgan fingerprint density at radius 3 is 3.00 bits per heavy atom. The Hall–Kier alpha value is -1.48. The smallest absolute Gasteiger partial charge is 0.273 e. The highest BCUT2D eigenvalue weighted by Crippen LogP contribution is 2.21. The van der Waals surface area contributed by atoms with Crippen LogP contribution in [0.3, 0.4) is 0 Å². The highest BCUT2D eigenvalue weighted by Gasteiger charge is 2.28. The molecule has 0 bridgehead atoms. The number of nitrogens with one attached hydrogen (secondary N) is 2. The normalized spacial score (nSPS) is 20.8. The minimum atomic E-state index is -3.18. The van der Waals surface area contributed by atoms with Gasteiger partial charge in [0.05, 0.1) is 12.5 Å². The van der Waals surface area contributed by atoms with E-state index in [2.05, 4.69) is 20.7 Å². The Labute approximate surface area is 118 Å². The molecule has 1 aromatic heterocycles. The van der Waals surface area contributed by atoms with E-state index in [4.69, 9.17) is 0 Å². The summed E-state index contributed by atoms with van der Waals surface area (Å²) in [7, 11) is -3.18. The van der Waals surface area contributed by atoms with Crippen molar-refractivity contribution in [3.8, 4) is 0 Å². The van der Waals surface area contributed by atoms with Crippen molar-refractivity contribution in [1.29, 1.82) is 0 Å². The van der Waals surface area contributed by atoms with Gasteiger partial charge in [0.2, 0.25) is 10.0 Å². The number of H-pyrrole nitrogens is 1. The first kappa shape index (κ1) is 14.9. The van der Waals surface area contributed by atoms with Crippen molar-refractivity contribution in [3.63, 3.8) is 0 Å². The summed E-state index contributed by atoms with van der Waals surface area (Å²) in [6, 6.07) is -0.0311. The van der Waals surface area contributed by atoms with Crippen LogP contribution >= 0.6 is 0 Å². The van der Waals surface area contributed by atoms with Crippen molar-refractivity contribution in [2.75, 3.05) is 19.3 Å². The van der Waals surface area contributed by atoms with Crippen LogP contribution < -0.4 is 5.32 Å². The van der Waals surface area contributed by atoms with E-state index in [1.165, 1.54) is 12.5 Å². The zero-order valence-corrected chi connectivity index (χ0v) is 12.2. The molecule has 2 N–H and O–H groups in total. The molecule has 112 valence electrons. The summed E-state index contributed by atoms with van der Waals surface area (Å²) in [6.45, 7) is 0.989. The van der Waals surface area contributed by atoms with Crippen molar-refractivity contribution < 1.29 is 13.2 Å². The quantitative estimate of drug-likeness (QED) is 0.779. The Bertz CT molecular complexity index is 542. The topological polar surface area (TPSA) is 108 Å². The summed E-state index contributed by atoms with van der Waals surface area (Å²) in [5.74, 6) is -0.305. The van der Waals surface area contributed by atoms with Gasteiger partial charge in [-0.15, -0.1) is 0 Å². The Morgan fingerprint density at radius 2 is 2.35 bits per heavy atom. The van der Waals surface area contributed by atoms with Crippen LogP contribution in [0.15, 0.2) is 6.20 Å². The fourth-order valence-corrected chi connectivity index (χ4v) is 3.67. The van der Waals surface area contributed by atoms with E-state index in [9.17, 15) is 13.2 Å². The van der Waals surface area contributed by atoms with Gasteiger partial charge < -0.3 is 5.32 Å². The van der Waals surface area contributed by atoms with Gasteiger partial charge in [0.15, 0.2) is 5.69 Å². The number of hydrogen-bond donors (Lipinski definition) is 2. The second-order valence-electron chi connectivity index (χ2n) is 4.92. The number of sulfonamides is 1. The minimum absolute atomic E-state index is 0.0311. The molecule has 1 aliphatic heterocycles. The molecule has 20 heavy (non-hydrogen) atoms. The molecule has 0 spiro atoms. The maximum atomic E-state index is 11.7. The van der Waals surface area contributed by atoms with Crippen LogP contribution in [0, 0.1) is 0 Å². The Morgan fingerprint density at radius 1 is 1.55 bits per heavy atom. The number of amides is 1. The van der Waals surface area contributed by atoms with Gasteiger partial charge in [-0.2, -0.15) is 19.7 Å². The first-order valence-corrected chi connectivity index (χ1v) is 8.44. The number of aromatic amines is 1. The van der Waals surface area contributed by atoms with Gasteiger partial charge >= 0.3 is 0 Å². The molecular weight excluding hydrogens is 282 g/mol. The van der Waals surface area contributed by atoms with E-state index in [1.807, 2.05) is 0 Å². The van der Waals surface area contributed by atoms with Gasteiger partial charge in [-0.05, 0) is 19.3 Å². The van der Waals surface area contributed by atoms with Gasteiger partial charge in [0, 0.05) is 19.1 Å². The molecule has 1 amide bonds. The molecule has 1 aromatic rings. The molecule has 9 heteroatoms. The molecule has 0 aliphatic carbocycles. The van der Waals surface area contributed by atoms with Gasteiger partial charge in [0.25, 0.3) is 5.91 Å². The number of piperidine rings is 1. The number of carbonyl (C=O) groups is 1. The van der Waals surface area contributed by atoms with E-state index >= 15 is 0 Å². The molecule has 0 saturated carbocycles. The third-order valence-electron chi connectivity index (χ3n) is 3.41. The average Bonchev–Trinajstić information content (AvgIpc) is 2.92. The van der Waals surface area contributed by atoms with Gasteiger partial charge in [-0.1, -0.05) is 6.42 Å². The predicted molar refractivity (Wildman–Crippen MR) is 72.5 cm³/mol. The van der Waals surface area contributed by atoms with Crippen LogP contribution in [0.2, 0.25) is 0 Å². The van der Waals surface area contributed by atoms with Gasteiger partial charge in [-0.25, -0.2) is 8.42 Å². The van der Waals surface area contributed by atoms with Crippen LogP contribution in [0.1, 0.15) is 36.2 Å². The van der Waals surface area contributed by atoms with Gasteiger partial charge in [0.1, 0.15) is 0 Å². The lowest BCUT2D eigenvalue weighted by molar-refractivity contribution is 0.0944. The fourth-order valence-electron chi connectivity index (χ4n) is 2.45. The molecule has 1 atom stereocenters. The molecular formula is C11H19N5O3S. The molecule has 1 aliphatic rings. The summed E-state index contributed by atoms with van der Waals surface area (Å²) in [4.78, 5) is 11.7. The van der Waals surface area contributed by atoms with Crippen molar-refractivity contribution in [1.82, 2.24) is 25.0 Å². The number of hydrogen-bond acceptors (Lipinski definition) is 5. The molecule has 0 aromatic carbocycles. The van der Waals surface area contributed by atoms with E-state index in [0.717, 1.165) is 19.3 Å². The van der Waals surface area contributed by atoms with Gasteiger partial charge in [-0.3, -0.25) is 4.79 Å². The maximum absolute atomic E-state index is 11.7. The predicted octanol–water partition coefficient (Wildman–Crippen LogP) is -0.261. The second-order valence-corrected chi connectivity index (χ2v) is 6.86. The van der Waals surface area contributed by atoms with Crippen molar-refractivity contribution in [2.24, 2.45) is 0 Å². The van der Waals surface area contributed by atoms with Crippen LogP contribution in [0.5, 0.6) is 0 Å². The highest BCUT2D eigenvalue weighted by molar-refractivity contribution is 7.88. The lowest BCUT2D eigenvalue weighted by Crippen LogP contribution is -2.44. The largest absolute Gasteiger partial charge is 0.351 e. The lowest BCUT2D eigenvalue weighted by Gasteiger charge is -2.33. The summed E-state index contributed by atoms with van der Waals surface area (Å²) in [5.41, 5.74) is 0.230. The van der Waals surface area contributed by atoms with Crippen molar-refractivity contribution in [2.45, 2.75) is 31.7 Å². The Balaban J connectivity index is 1.84. The number of aromatic nitrogens is 3. The number of carbonyl (C=O) groups excluding carboxylic acids is 1. The van der Waals surface area contributed by atoms with Crippen LogP contribution in [-0.2, 0) is 10.0 Å². The third-order valence-corrected chi connectivity index (χ3v) is 4.74. The van der Waals surface area contributed by atoms with Crippen molar-refractivity contribution >= 4 is 15.9 Å². The number of rotatable bonds is 5. The second kappa shape index (κ2) is 6.31. The molecule has 2 rings (SSSR count). The first-order valence-electron chi connectivity index (χ1n) is 6.59. The standard InChI is InChI=1S/C11H19N5O3S/c1-20(18,19)16-7-3-2-4-9(16)5-6-12-11(17)10-8-13-15-14-10/h8-9H,2-7H2,1H3,(H,12,17)(H,13,14,15)/t9-/m1/s1. The summed E-state index contributed by atoms with van der Waals surface area (Å²) in [5, 5.41) is 12.3. The zero-order valence-electron chi connectivity index (χ0n) is 11.4. The van der Waals surface area contributed by atoms with Crippen molar-refractivity contribution in [3.05, 3.63) is 11.9 Å². The van der Waals surface area contributed by atoms with E-state index < -0.39 is 10.0 Å². The van der Waals surface area contributed by atoms with E-state index in [1.54, 1.807) is 4.31 Å². The molecule has 1 fully saturated rings. The van der Waals surface area contributed by atoms with E-state index in [0.29, 0.717) is 19.5 Å². The fraction of sp³-hybridized carbons (Fsp3) is 0.727. The SMILES string of the molecule is CS(=O)(=O)N1CCCC[C@@H]1CCNC(=O)c1cn[nH]n1. The molecule has 0 radical (unpaired) electrons. The molecule has 1 saturated heterocycles. The first-order chi connectivity index (χ1) is 9.48. The number of nitrogens with zero attached hydrogens (tertiary/aromatic N) is 3. The summed E-state index contributed by atoms with van der Waals surface area (Å²) >= 11 is 0. The summed E-state index contributed by atoms with van der Waals surface area (Å²) in [6.07, 6.45) is 5.95. The highest BCUT2D eigenvalue weighted by atomic mass is 32.2. The minimum Gasteiger partial charge on any atom is -0.351 e.